The lowest BCUT2D eigenvalue weighted by Crippen LogP contribution is -2.39. The highest BCUT2D eigenvalue weighted by molar-refractivity contribution is 5.91. The van der Waals surface area contributed by atoms with Gasteiger partial charge >= 0.3 is 6.03 Å². The van der Waals surface area contributed by atoms with Gasteiger partial charge in [-0.3, -0.25) is 4.90 Å². The summed E-state index contributed by atoms with van der Waals surface area (Å²) in [6.45, 7) is 5.15. The fourth-order valence-electron chi connectivity index (χ4n) is 1.24. The van der Waals surface area contributed by atoms with Gasteiger partial charge in [-0.05, 0) is 32.0 Å². The maximum absolute atomic E-state index is 11.6. The van der Waals surface area contributed by atoms with Crippen molar-refractivity contribution in [3.05, 3.63) is 30.3 Å². The average Bonchev–Trinajstić information content (AvgIpc) is 2.21. The van der Waals surface area contributed by atoms with Gasteiger partial charge in [-0.25, -0.2) is 4.79 Å². The maximum Gasteiger partial charge on any atom is 0.321 e. The number of anilines is 1. The molecular weight excluding hydrogens is 176 g/mol. The van der Waals surface area contributed by atoms with E-state index in [0.717, 1.165) is 5.69 Å². The summed E-state index contributed by atoms with van der Waals surface area (Å²) >= 11 is 0. The Bertz CT molecular complexity index is 285. The topological polar surface area (TPSA) is 32.3 Å². The van der Waals surface area contributed by atoms with E-state index in [2.05, 4.69) is 11.4 Å². The zero-order chi connectivity index (χ0) is 10.4. The molecule has 3 nitrogen and oxygen atoms in total. The van der Waals surface area contributed by atoms with Crippen molar-refractivity contribution < 1.29 is 4.79 Å². The van der Waals surface area contributed by atoms with Crippen LogP contribution in [0.1, 0.15) is 13.8 Å². The van der Waals surface area contributed by atoms with Crippen LogP contribution in [0.3, 0.4) is 0 Å². The minimum atomic E-state index is -0.0606. The molecular formula is C11H15N2O. The normalized spacial score (nSPS) is 9.57. The van der Waals surface area contributed by atoms with Crippen molar-refractivity contribution in [2.45, 2.75) is 13.8 Å². The van der Waals surface area contributed by atoms with E-state index in [9.17, 15) is 4.79 Å². The summed E-state index contributed by atoms with van der Waals surface area (Å²) in [7, 11) is 0. The lowest BCUT2D eigenvalue weighted by Gasteiger charge is -2.20. The second kappa shape index (κ2) is 5.27. The highest BCUT2D eigenvalue weighted by Gasteiger charge is 2.11. The van der Waals surface area contributed by atoms with Gasteiger partial charge in [0.2, 0.25) is 0 Å². The molecule has 0 saturated heterocycles. The molecule has 0 spiro atoms. The molecule has 1 aromatic carbocycles. The summed E-state index contributed by atoms with van der Waals surface area (Å²) in [6.07, 6.45) is 0. The molecule has 14 heavy (non-hydrogen) atoms. The second-order valence-electron chi connectivity index (χ2n) is 2.84. The number of hydrogen-bond acceptors (Lipinski definition) is 1. The van der Waals surface area contributed by atoms with Crippen LogP contribution in [-0.2, 0) is 0 Å². The number of amides is 2. The first kappa shape index (κ1) is 10.6. The van der Waals surface area contributed by atoms with Gasteiger partial charge in [-0.15, -0.1) is 0 Å². The van der Waals surface area contributed by atoms with Crippen molar-refractivity contribution in [1.29, 1.82) is 0 Å². The molecule has 2 amide bonds. The van der Waals surface area contributed by atoms with E-state index in [1.807, 2.05) is 32.0 Å². The van der Waals surface area contributed by atoms with Crippen LogP contribution in [0.2, 0.25) is 0 Å². The summed E-state index contributed by atoms with van der Waals surface area (Å²) in [5.74, 6) is 0. The van der Waals surface area contributed by atoms with Crippen molar-refractivity contribution in [3.8, 4) is 0 Å². The number of rotatable bonds is 3. The largest absolute Gasteiger partial charge is 0.338 e. The third-order valence-electron chi connectivity index (χ3n) is 1.89. The molecule has 0 fully saturated rings. The molecule has 1 aromatic rings. The van der Waals surface area contributed by atoms with Gasteiger partial charge in [0.05, 0.1) is 0 Å². The van der Waals surface area contributed by atoms with E-state index in [1.54, 1.807) is 11.0 Å². The van der Waals surface area contributed by atoms with Gasteiger partial charge in [0.25, 0.3) is 0 Å². The van der Waals surface area contributed by atoms with Crippen molar-refractivity contribution in [2.24, 2.45) is 0 Å². The lowest BCUT2D eigenvalue weighted by molar-refractivity contribution is 0.247. The first-order chi connectivity index (χ1) is 6.79. The molecule has 0 aromatic heterocycles. The summed E-state index contributed by atoms with van der Waals surface area (Å²) < 4.78 is 0. The van der Waals surface area contributed by atoms with Crippen LogP contribution in [0.4, 0.5) is 10.5 Å². The van der Waals surface area contributed by atoms with Crippen LogP contribution in [0, 0.1) is 6.07 Å². The molecule has 0 unspecified atom stereocenters. The molecule has 0 bridgehead atoms. The average molecular weight is 191 g/mol. The third-order valence-corrected chi connectivity index (χ3v) is 1.89. The Kier molecular flexibility index (Phi) is 3.98. The predicted octanol–water partition coefficient (Wildman–Crippen LogP) is 2.04. The first-order valence-corrected chi connectivity index (χ1v) is 4.81. The quantitative estimate of drug-likeness (QED) is 0.779. The van der Waals surface area contributed by atoms with Crippen molar-refractivity contribution in [3.63, 3.8) is 0 Å². The van der Waals surface area contributed by atoms with Gasteiger partial charge in [0.15, 0.2) is 0 Å². The highest BCUT2D eigenvalue weighted by atomic mass is 16.2. The third kappa shape index (κ3) is 2.49. The van der Waals surface area contributed by atoms with E-state index < -0.39 is 0 Å². The Labute approximate surface area is 84.7 Å². The van der Waals surface area contributed by atoms with E-state index >= 15 is 0 Å². The van der Waals surface area contributed by atoms with E-state index in [0.29, 0.717) is 13.1 Å². The molecule has 1 radical (unpaired) electrons. The standard InChI is InChI=1S/C11H15N2O/c1-3-12-11(14)13(4-2)10-8-6-5-7-9-10/h5-6,8-9H,3-4H2,1-2H3,(H,12,14). The number of urea groups is 1. The second-order valence-corrected chi connectivity index (χ2v) is 2.84. The highest BCUT2D eigenvalue weighted by Crippen LogP contribution is 2.12. The fourth-order valence-corrected chi connectivity index (χ4v) is 1.24. The number of nitrogens with one attached hydrogen (secondary N) is 1. The lowest BCUT2D eigenvalue weighted by atomic mass is 10.3. The van der Waals surface area contributed by atoms with Gasteiger partial charge < -0.3 is 5.32 Å². The molecule has 1 rings (SSSR count). The van der Waals surface area contributed by atoms with E-state index in [1.165, 1.54) is 0 Å². The number of hydrogen-bond donors (Lipinski definition) is 1. The van der Waals surface area contributed by atoms with Gasteiger partial charge in [0.1, 0.15) is 0 Å². The molecule has 0 atom stereocenters. The van der Waals surface area contributed by atoms with Gasteiger partial charge in [-0.1, -0.05) is 12.1 Å². The Morgan fingerprint density at radius 2 is 2.36 bits per heavy atom. The van der Waals surface area contributed by atoms with Crippen LogP contribution < -0.4 is 10.2 Å². The van der Waals surface area contributed by atoms with Crippen LogP contribution in [-0.4, -0.2) is 19.1 Å². The fraction of sp³-hybridized carbons (Fsp3) is 0.364. The summed E-state index contributed by atoms with van der Waals surface area (Å²) in [5, 5.41) is 2.77. The van der Waals surface area contributed by atoms with Crippen molar-refractivity contribution >= 4 is 11.7 Å². The maximum atomic E-state index is 11.6. The molecule has 0 aliphatic carbocycles. The summed E-state index contributed by atoms with van der Waals surface area (Å²) in [5.41, 5.74) is 0.876. The summed E-state index contributed by atoms with van der Waals surface area (Å²) in [4.78, 5) is 13.3. The Morgan fingerprint density at radius 1 is 1.57 bits per heavy atom. The smallest absolute Gasteiger partial charge is 0.321 e. The van der Waals surface area contributed by atoms with Crippen LogP contribution in [0.15, 0.2) is 24.3 Å². The SMILES string of the molecule is CCNC(=O)N(CC)c1c[c]ccc1. The molecule has 1 N–H and O–H groups in total. The Morgan fingerprint density at radius 3 is 2.86 bits per heavy atom. The molecule has 3 heteroatoms. The van der Waals surface area contributed by atoms with E-state index in [-0.39, 0.29) is 6.03 Å². The number of carbonyl (C=O) groups is 1. The van der Waals surface area contributed by atoms with Gasteiger partial charge in [-0.2, -0.15) is 0 Å². The number of carbonyl (C=O) groups excluding carboxylic acids is 1. The molecule has 0 saturated carbocycles. The van der Waals surface area contributed by atoms with E-state index in [4.69, 9.17) is 0 Å². The predicted molar refractivity (Wildman–Crippen MR) is 57.4 cm³/mol. The van der Waals surface area contributed by atoms with Gasteiger partial charge in [0, 0.05) is 18.8 Å². The summed E-state index contributed by atoms with van der Waals surface area (Å²) in [6, 6.07) is 10.3. The minimum Gasteiger partial charge on any atom is -0.338 e. The van der Waals surface area contributed by atoms with Crippen LogP contribution in [0.25, 0.3) is 0 Å². The molecule has 0 aliphatic rings. The zero-order valence-electron chi connectivity index (χ0n) is 8.58. The molecule has 0 aliphatic heterocycles. The molecule has 0 heterocycles. The van der Waals surface area contributed by atoms with Crippen LogP contribution >= 0.6 is 0 Å². The number of nitrogens with zero attached hydrogens (tertiary/aromatic N) is 1. The first-order valence-electron chi connectivity index (χ1n) is 4.81. The van der Waals surface area contributed by atoms with Crippen molar-refractivity contribution in [1.82, 2.24) is 5.32 Å². The zero-order valence-corrected chi connectivity index (χ0v) is 8.58. The van der Waals surface area contributed by atoms with Crippen LogP contribution in [0.5, 0.6) is 0 Å². The number of benzene rings is 1. The Hall–Kier alpha value is -1.51. The Balaban J connectivity index is 2.77. The minimum absolute atomic E-state index is 0.0606. The monoisotopic (exact) mass is 191 g/mol. The van der Waals surface area contributed by atoms with Crippen molar-refractivity contribution in [2.75, 3.05) is 18.0 Å². The molecule has 75 valence electrons.